The zero-order valence-corrected chi connectivity index (χ0v) is 13.1. The third kappa shape index (κ3) is 4.34. The highest BCUT2D eigenvalue weighted by Gasteiger charge is 2.10. The summed E-state index contributed by atoms with van der Waals surface area (Å²) in [5.41, 5.74) is 3.34. The van der Waals surface area contributed by atoms with Crippen LogP contribution in [0.4, 0.5) is 5.69 Å². The van der Waals surface area contributed by atoms with Gasteiger partial charge in [-0.2, -0.15) is 0 Å². The number of nitrogens with one attached hydrogen (secondary N) is 1. The van der Waals surface area contributed by atoms with Crippen molar-refractivity contribution in [3.05, 3.63) is 89.5 Å². The van der Waals surface area contributed by atoms with Gasteiger partial charge in [0.05, 0.1) is 0 Å². The summed E-state index contributed by atoms with van der Waals surface area (Å²) in [6, 6.07) is 15.1. The molecule has 3 heteroatoms. The number of hydrogen-bond donors (Lipinski definition) is 1. The van der Waals surface area contributed by atoms with Crippen molar-refractivity contribution in [3.63, 3.8) is 0 Å². The minimum absolute atomic E-state index is 0.175. The first-order valence-corrected chi connectivity index (χ1v) is 7.40. The van der Waals surface area contributed by atoms with E-state index in [0.717, 1.165) is 16.8 Å². The predicted molar refractivity (Wildman–Crippen MR) is 93.3 cm³/mol. The van der Waals surface area contributed by atoms with Crippen LogP contribution in [0, 0.1) is 0 Å². The van der Waals surface area contributed by atoms with Gasteiger partial charge in [-0.15, -0.1) is 6.58 Å². The number of halogens is 1. The molecule has 0 spiro atoms. The second-order valence-electron chi connectivity index (χ2n) is 5.01. The van der Waals surface area contributed by atoms with Crippen molar-refractivity contribution in [2.24, 2.45) is 0 Å². The fourth-order valence-electron chi connectivity index (χ4n) is 2.12. The quantitative estimate of drug-likeness (QED) is 0.602. The average molecular weight is 312 g/mol. The Kier molecular flexibility index (Phi) is 5.56. The number of carbonyl (C=O) groups is 1. The number of rotatable bonds is 6. The lowest BCUT2D eigenvalue weighted by molar-refractivity contribution is -0.112. The van der Waals surface area contributed by atoms with Crippen LogP contribution in [-0.2, 0) is 17.6 Å². The Bertz CT molecular complexity index is 689. The Balaban J connectivity index is 2.04. The molecule has 112 valence electrons. The summed E-state index contributed by atoms with van der Waals surface area (Å²) in [5.74, 6) is -0.175. The molecule has 0 radical (unpaired) electrons. The Morgan fingerprint density at radius 2 is 1.82 bits per heavy atom. The van der Waals surface area contributed by atoms with E-state index in [2.05, 4.69) is 18.5 Å². The van der Waals surface area contributed by atoms with Gasteiger partial charge in [-0.25, -0.2) is 0 Å². The first-order valence-electron chi connectivity index (χ1n) is 7.02. The molecular weight excluding hydrogens is 294 g/mol. The average Bonchev–Trinajstić information content (AvgIpc) is 2.51. The zero-order valence-electron chi connectivity index (χ0n) is 12.3. The number of hydrogen-bond acceptors (Lipinski definition) is 1. The van der Waals surface area contributed by atoms with Crippen LogP contribution in [0.5, 0.6) is 0 Å². The molecule has 2 aromatic rings. The molecule has 0 aliphatic heterocycles. The molecule has 2 rings (SSSR count). The molecule has 0 saturated carbocycles. The molecule has 0 fully saturated rings. The molecule has 22 heavy (non-hydrogen) atoms. The number of allylic oxidation sites excluding steroid dienone is 1. The highest BCUT2D eigenvalue weighted by atomic mass is 35.5. The summed E-state index contributed by atoms with van der Waals surface area (Å²) in [6.07, 6.45) is 3.01. The summed E-state index contributed by atoms with van der Waals surface area (Å²) >= 11 is 5.86. The van der Waals surface area contributed by atoms with Crippen LogP contribution in [0.3, 0.4) is 0 Å². The lowest BCUT2D eigenvalue weighted by Gasteiger charge is -2.11. The third-order valence-corrected chi connectivity index (χ3v) is 3.53. The maximum atomic E-state index is 12.3. The van der Waals surface area contributed by atoms with Gasteiger partial charge in [0, 0.05) is 22.7 Å². The van der Waals surface area contributed by atoms with Crippen molar-refractivity contribution in [2.45, 2.75) is 12.8 Å². The van der Waals surface area contributed by atoms with Crippen molar-refractivity contribution >= 4 is 23.2 Å². The number of benzene rings is 2. The molecule has 0 heterocycles. The second-order valence-corrected chi connectivity index (χ2v) is 5.45. The Morgan fingerprint density at radius 1 is 1.14 bits per heavy atom. The molecule has 0 atom stereocenters. The van der Waals surface area contributed by atoms with Crippen LogP contribution >= 0.6 is 11.6 Å². The fraction of sp³-hybridized carbons (Fsp3) is 0.105. The normalized spacial score (nSPS) is 10.0. The van der Waals surface area contributed by atoms with Crippen LogP contribution in [0.1, 0.15) is 11.1 Å². The monoisotopic (exact) mass is 311 g/mol. The SMILES string of the molecule is C=CCc1ccccc1NC(=O)C(=C)Cc1ccc(Cl)cc1. The highest BCUT2D eigenvalue weighted by Crippen LogP contribution is 2.18. The number of para-hydroxylation sites is 1. The van der Waals surface area contributed by atoms with Gasteiger partial charge < -0.3 is 5.32 Å². The van der Waals surface area contributed by atoms with Crippen molar-refractivity contribution < 1.29 is 4.79 Å². The van der Waals surface area contributed by atoms with Gasteiger partial charge in [-0.3, -0.25) is 4.79 Å². The van der Waals surface area contributed by atoms with Crippen LogP contribution in [0.25, 0.3) is 0 Å². The van der Waals surface area contributed by atoms with Crippen molar-refractivity contribution in [3.8, 4) is 0 Å². The van der Waals surface area contributed by atoms with Gasteiger partial charge in [0.15, 0.2) is 0 Å². The van der Waals surface area contributed by atoms with Gasteiger partial charge in [-0.05, 0) is 35.7 Å². The lowest BCUT2D eigenvalue weighted by Crippen LogP contribution is -2.16. The molecule has 0 aromatic heterocycles. The van der Waals surface area contributed by atoms with E-state index >= 15 is 0 Å². The number of anilines is 1. The summed E-state index contributed by atoms with van der Waals surface area (Å²) in [5, 5.41) is 3.59. The zero-order chi connectivity index (χ0) is 15.9. The van der Waals surface area contributed by atoms with E-state index in [4.69, 9.17) is 11.6 Å². The maximum Gasteiger partial charge on any atom is 0.251 e. The predicted octanol–water partition coefficient (Wildman–Crippen LogP) is 4.81. The van der Waals surface area contributed by atoms with E-state index in [-0.39, 0.29) is 5.91 Å². The van der Waals surface area contributed by atoms with E-state index < -0.39 is 0 Å². The largest absolute Gasteiger partial charge is 0.322 e. The molecule has 0 saturated heterocycles. The standard InChI is InChI=1S/C19H18ClNO/c1-3-6-16-7-4-5-8-18(16)21-19(22)14(2)13-15-9-11-17(20)12-10-15/h3-5,7-12H,1-2,6,13H2,(H,21,22). The van der Waals surface area contributed by atoms with Crippen molar-refractivity contribution in [2.75, 3.05) is 5.32 Å². The van der Waals surface area contributed by atoms with Crippen molar-refractivity contribution in [1.29, 1.82) is 0 Å². The summed E-state index contributed by atoms with van der Waals surface area (Å²) in [7, 11) is 0. The lowest BCUT2D eigenvalue weighted by atomic mass is 10.1. The number of carbonyl (C=O) groups excluding carboxylic acids is 1. The van der Waals surface area contributed by atoms with E-state index in [1.54, 1.807) is 0 Å². The van der Waals surface area contributed by atoms with Crippen LogP contribution in [-0.4, -0.2) is 5.91 Å². The molecule has 0 unspecified atom stereocenters. The summed E-state index contributed by atoms with van der Waals surface area (Å²) < 4.78 is 0. The molecule has 2 aromatic carbocycles. The maximum absolute atomic E-state index is 12.3. The summed E-state index contributed by atoms with van der Waals surface area (Å²) in [4.78, 5) is 12.3. The van der Waals surface area contributed by atoms with Gasteiger partial charge in [0.2, 0.25) is 0 Å². The smallest absolute Gasteiger partial charge is 0.251 e. The Morgan fingerprint density at radius 3 is 2.50 bits per heavy atom. The molecular formula is C19H18ClNO. The van der Waals surface area contributed by atoms with Crippen LogP contribution < -0.4 is 5.32 Å². The second kappa shape index (κ2) is 7.62. The van der Waals surface area contributed by atoms with Gasteiger partial charge >= 0.3 is 0 Å². The van der Waals surface area contributed by atoms with Gasteiger partial charge in [0.1, 0.15) is 0 Å². The molecule has 0 aliphatic carbocycles. The third-order valence-electron chi connectivity index (χ3n) is 3.28. The molecule has 2 nitrogen and oxygen atoms in total. The van der Waals surface area contributed by atoms with Crippen LogP contribution in [0.15, 0.2) is 73.3 Å². The Labute approximate surface area is 136 Å². The minimum atomic E-state index is -0.175. The van der Waals surface area contributed by atoms with Gasteiger partial charge in [-0.1, -0.05) is 54.6 Å². The van der Waals surface area contributed by atoms with Crippen LogP contribution in [0.2, 0.25) is 5.02 Å². The fourth-order valence-corrected chi connectivity index (χ4v) is 2.24. The van der Waals surface area contributed by atoms with E-state index in [1.165, 1.54) is 0 Å². The first-order chi connectivity index (χ1) is 10.6. The highest BCUT2D eigenvalue weighted by molar-refractivity contribution is 6.30. The van der Waals surface area contributed by atoms with E-state index in [9.17, 15) is 4.79 Å². The molecule has 1 amide bonds. The topological polar surface area (TPSA) is 29.1 Å². The molecule has 1 N–H and O–H groups in total. The first kappa shape index (κ1) is 16.1. The van der Waals surface area contributed by atoms with E-state index in [0.29, 0.717) is 23.4 Å². The van der Waals surface area contributed by atoms with E-state index in [1.807, 2.05) is 54.6 Å². The minimum Gasteiger partial charge on any atom is -0.322 e. The number of amides is 1. The van der Waals surface area contributed by atoms with Crippen molar-refractivity contribution in [1.82, 2.24) is 0 Å². The summed E-state index contributed by atoms with van der Waals surface area (Å²) in [6.45, 7) is 7.61. The molecule has 0 bridgehead atoms. The molecule has 0 aliphatic rings. The van der Waals surface area contributed by atoms with Gasteiger partial charge in [0.25, 0.3) is 5.91 Å². The Hall–Kier alpha value is -2.32.